The molecule has 0 radical (unpaired) electrons. The lowest BCUT2D eigenvalue weighted by atomic mass is 10.0. The van der Waals surface area contributed by atoms with Crippen LogP contribution in [-0.2, 0) is 11.2 Å². The van der Waals surface area contributed by atoms with Crippen molar-refractivity contribution in [3.05, 3.63) is 62.0 Å². The van der Waals surface area contributed by atoms with Gasteiger partial charge in [-0.15, -0.1) is 11.3 Å². The van der Waals surface area contributed by atoms with Gasteiger partial charge in [0.1, 0.15) is 5.82 Å². The monoisotopic (exact) mass is 379 g/mol. The molecular weight excluding hydrogens is 365 g/mol. The van der Waals surface area contributed by atoms with Gasteiger partial charge < -0.3 is 4.90 Å². The normalized spacial score (nSPS) is 17.8. The number of benzene rings is 1. The maximum Gasteiger partial charge on any atom is 0.247 e. The topological polar surface area (TPSA) is 20.3 Å². The van der Waals surface area contributed by atoms with E-state index in [1.807, 2.05) is 11.8 Å². The molecule has 1 aromatic carbocycles. The van der Waals surface area contributed by atoms with Crippen molar-refractivity contribution in [1.29, 1.82) is 0 Å². The zero-order valence-corrected chi connectivity index (χ0v) is 14.5. The predicted molar refractivity (Wildman–Crippen MR) is 91.3 cm³/mol. The number of hydrogen-bond donors (Lipinski definition) is 0. The number of halogens is 2. The van der Waals surface area contributed by atoms with Crippen LogP contribution in [0.5, 0.6) is 0 Å². The average molecular weight is 380 g/mol. The first-order valence-electron chi connectivity index (χ1n) is 7.06. The summed E-state index contributed by atoms with van der Waals surface area (Å²) in [5, 5.41) is 2.07. The highest BCUT2D eigenvalue weighted by atomic mass is 79.9. The van der Waals surface area contributed by atoms with E-state index in [0.717, 1.165) is 10.9 Å². The molecule has 1 aromatic heterocycles. The van der Waals surface area contributed by atoms with E-state index >= 15 is 0 Å². The number of carbonyl (C=O) groups is 1. The minimum absolute atomic E-state index is 0.0690. The van der Waals surface area contributed by atoms with Gasteiger partial charge in [0.15, 0.2) is 0 Å². The van der Waals surface area contributed by atoms with Crippen LogP contribution in [0, 0.1) is 5.82 Å². The number of rotatable bonds is 2. The van der Waals surface area contributed by atoms with Gasteiger partial charge >= 0.3 is 0 Å². The molecule has 2 nitrogen and oxygen atoms in total. The maximum atomic E-state index is 13.7. The zero-order chi connectivity index (χ0) is 15.7. The fourth-order valence-corrected chi connectivity index (χ4v) is 4.05. The summed E-state index contributed by atoms with van der Waals surface area (Å²) in [6.07, 6.45) is 3.89. The molecule has 22 heavy (non-hydrogen) atoms. The third-order valence-electron chi connectivity index (χ3n) is 3.92. The molecule has 1 atom stereocenters. The van der Waals surface area contributed by atoms with Crippen LogP contribution in [0.15, 0.2) is 40.2 Å². The maximum absolute atomic E-state index is 13.7. The molecular formula is C17H15BrFNOS. The van der Waals surface area contributed by atoms with Crippen LogP contribution >= 0.6 is 27.3 Å². The van der Waals surface area contributed by atoms with Crippen molar-refractivity contribution in [2.45, 2.75) is 19.4 Å². The van der Waals surface area contributed by atoms with Gasteiger partial charge in [0.25, 0.3) is 0 Å². The number of nitrogens with zero attached hydrogens (tertiary/aromatic N) is 1. The fourth-order valence-electron chi connectivity index (χ4n) is 2.71. The van der Waals surface area contributed by atoms with E-state index in [9.17, 15) is 9.18 Å². The Morgan fingerprint density at radius 2 is 2.27 bits per heavy atom. The molecule has 1 amide bonds. The van der Waals surface area contributed by atoms with Gasteiger partial charge in [-0.25, -0.2) is 4.39 Å². The molecule has 0 saturated heterocycles. The molecule has 0 aliphatic carbocycles. The van der Waals surface area contributed by atoms with Crippen LogP contribution in [0.4, 0.5) is 4.39 Å². The number of amides is 1. The second-order valence-electron chi connectivity index (χ2n) is 5.26. The lowest BCUT2D eigenvalue weighted by Crippen LogP contribution is -2.37. The van der Waals surface area contributed by atoms with E-state index in [1.54, 1.807) is 23.5 Å². The third-order valence-corrected chi connectivity index (χ3v) is 5.41. The summed E-state index contributed by atoms with van der Waals surface area (Å²) < 4.78 is 14.5. The van der Waals surface area contributed by atoms with Crippen molar-refractivity contribution in [3.8, 4) is 0 Å². The van der Waals surface area contributed by atoms with Crippen molar-refractivity contribution in [1.82, 2.24) is 4.90 Å². The summed E-state index contributed by atoms with van der Waals surface area (Å²) >= 11 is 5.05. The van der Waals surface area contributed by atoms with Gasteiger partial charge in [0, 0.05) is 27.5 Å². The summed E-state index contributed by atoms with van der Waals surface area (Å²) in [4.78, 5) is 15.6. The van der Waals surface area contributed by atoms with Gasteiger partial charge in [0.05, 0.1) is 6.04 Å². The summed E-state index contributed by atoms with van der Waals surface area (Å²) in [6.45, 7) is 2.75. The number of thiophene rings is 1. The number of fused-ring (bicyclic) bond motifs is 1. The van der Waals surface area contributed by atoms with Gasteiger partial charge in [0.2, 0.25) is 5.91 Å². The molecule has 2 heterocycles. The molecule has 1 aliphatic rings. The van der Waals surface area contributed by atoms with E-state index < -0.39 is 0 Å². The molecule has 0 spiro atoms. The predicted octanol–water partition coefficient (Wildman–Crippen LogP) is 4.81. The van der Waals surface area contributed by atoms with Crippen LogP contribution in [0.2, 0.25) is 0 Å². The third kappa shape index (κ3) is 3.01. The van der Waals surface area contributed by atoms with E-state index in [-0.39, 0.29) is 17.8 Å². The lowest BCUT2D eigenvalue weighted by Gasteiger charge is -2.32. The Morgan fingerprint density at radius 3 is 3.09 bits per heavy atom. The van der Waals surface area contributed by atoms with Crippen molar-refractivity contribution < 1.29 is 9.18 Å². The highest BCUT2D eigenvalue weighted by molar-refractivity contribution is 9.10. The van der Waals surface area contributed by atoms with E-state index in [0.29, 0.717) is 12.1 Å². The number of hydrogen-bond acceptors (Lipinski definition) is 2. The highest BCUT2D eigenvalue weighted by Gasteiger charge is 2.26. The van der Waals surface area contributed by atoms with Crippen LogP contribution in [0.1, 0.15) is 29.0 Å². The van der Waals surface area contributed by atoms with Crippen LogP contribution in [0.25, 0.3) is 6.08 Å². The first-order valence-corrected chi connectivity index (χ1v) is 8.73. The molecule has 1 aliphatic heterocycles. The van der Waals surface area contributed by atoms with Crippen molar-refractivity contribution in [3.63, 3.8) is 0 Å². The molecule has 0 bridgehead atoms. The summed E-state index contributed by atoms with van der Waals surface area (Å²) in [6, 6.07) is 6.84. The number of carbonyl (C=O) groups excluding carboxylic acids is 1. The second-order valence-corrected chi connectivity index (χ2v) is 7.17. The van der Waals surface area contributed by atoms with Crippen molar-refractivity contribution in [2.75, 3.05) is 6.54 Å². The molecule has 0 saturated carbocycles. The van der Waals surface area contributed by atoms with Crippen LogP contribution in [-0.4, -0.2) is 17.4 Å². The highest BCUT2D eigenvalue weighted by Crippen LogP contribution is 2.33. The van der Waals surface area contributed by atoms with Crippen molar-refractivity contribution in [2.24, 2.45) is 0 Å². The van der Waals surface area contributed by atoms with E-state index in [1.165, 1.54) is 28.7 Å². The Kier molecular flexibility index (Phi) is 4.45. The Labute approximate surface area is 141 Å². The SMILES string of the molecule is C[C@@H]1c2ccsc2CCN1C(=O)/C=C/c1cc(Br)ccc1F. The van der Waals surface area contributed by atoms with Gasteiger partial charge in [-0.2, -0.15) is 0 Å². The van der Waals surface area contributed by atoms with Crippen molar-refractivity contribution >= 4 is 39.2 Å². The largest absolute Gasteiger partial charge is 0.332 e. The summed E-state index contributed by atoms with van der Waals surface area (Å²) in [5.41, 5.74) is 1.63. The van der Waals surface area contributed by atoms with Gasteiger partial charge in [-0.1, -0.05) is 15.9 Å². The first kappa shape index (κ1) is 15.4. The molecule has 114 valence electrons. The Balaban J connectivity index is 1.78. The van der Waals surface area contributed by atoms with Crippen LogP contribution < -0.4 is 0 Å². The minimum atomic E-state index is -0.334. The molecule has 2 aromatic rings. The molecule has 0 N–H and O–H groups in total. The van der Waals surface area contributed by atoms with E-state index in [4.69, 9.17) is 0 Å². The lowest BCUT2D eigenvalue weighted by molar-refractivity contribution is -0.128. The summed E-state index contributed by atoms with van der Waals surface area (Å²) in [7, 11) is 0. The smallest absolute Gasteiger partial charge is 0.247 e. The molecule has 5 heteroatoms. The fraction of sp³-hybridized carbons (Fsp3) is 0.235. The quantitative estimate of drug-likeness (QED) is 0.685. The standard InChI is InChI=1S/C17H15BrFNOS/c1-11-14-7-9-22-16(14)6-8-20(11)17(21)5-2-12-10-13(18)3-4-15(12)19/h2-5,7,9-11H,6,8H2,1H3/b5-2+/t11-/m1/s1. The molecule has 0 unspecified atom stereocenters. The summed E-state index contributed by atoms with van der Waals surface area (Å²) in [5.74, 6) is -0.414. The minimum Gasteiger partial charge on any atom is -0.332 e. The Morgan fingerprint density at radius 1 is 1.45 bits per heavy atom. The van der Waals surface area contributed by atoms with Gasteiger partial charge in [-0.3, -0.25) is 4.79 Å². The second kappa shape index (κ2) is 6.34. The van der Waals surface area contributed by atoms with Gasteiger partial charge in [-0.05, 0) is 54.6 Å². The average Bonchev–Trinajstić information content (AvgIpc) is 2.98. The Bertz CT molecular complexity index is 740. The van der Waals surface area contributed by atoms with Crippen LogP contribution in [0.3, 0.4) is 0 Å². The van der Waals surface area contributed by atoms with E-state index in [2.05, 4.69) is 27.4 Å². The Hall–Kier alpha value is -1.46. The zero-order valence-electron chi connectivity index (χ0n) is 12.1. The molecule has 0 fully saturated rings. The molecule has 3 rings (SSSR count). The first-order chi connectivity index (χ1) is 10.6.